The molecule has 314 valence electrons. The molecule has 0 saturated heterocycles. The lowest BCUT2D eigenvalue weighted by Crippen LogP contribution is -2.09. The zero-order chi connectivity index (χ0) is 44.3. The molecule has 1 heterocycles. The van der Waals surface area contributed by atoms with Crippen molar-refractivity contribution in [1.82, 2.24) is 4.57 Å². The molecule has 0 unspecified atom stereocenters. The van der Waals surface area contributed by atoms with Gasteiger partial charge in [0.1, 0.15) is 0 Å². The minimum atomic E-state index is 1.11. The third-order valence-corrected chi connectivity index (χ3v) is 13.5. The van der Waals surface area contributed by atoms with Gasteiger partial charge < -0.3 is 14.4 Å². The molecule has 13 rings (SSSR count). The van der Waals surface area contributed by atoms with Crippen molar-refractivity contribution in [3.63, 3.8) is 0 Å². The van der Waals surface area contributed by atoms with Crippen LogP contribution in [-0.2, 0) is 0 Å². The Morgan fingerprint density at radius 3 is 1.24 bits per heavy atom. The maximum Gasteiger partial charge on any atom is 0.0553 e. The number of aromatic nitrogens is 1. The first-order valence-corrected chi connectivity index (χ1v) is 23.0. The van der Waals surface area contributed by atoms with Gasteiger partial charge in [-0.15, -0.1) is 0 Å². The Bertz CT molecular complexity index is 3790. The molecular weight excluding hydrogens is 811 g/mol. The van der Waals surface area contributed by atoms with Crippen LogP contribution in [-0.4, -0.2) is 4.57 Å². The van der Waals surface area contributed by atoms with E-state index in [1.54, 1.807) is 0 Å². The van der Waals surface area contributed by atoms with Crippen molar-refractivity contribution in [3.8, 4) is 27.9 Å². The van der Waals surface area contributed by atoms with E-state index in [-0.39, 0.29) is 0 Å². The Morgan fingerprint density at radius 2 is 0.687 bits per heavy atom. The van der Waals surface area contributed by atoms with E-state index in [4.69, 9.17) is 0 Å². The molecule has 0 aliphatic carbocycles. The molecule has 0 aliphatic rings. The van der Waals surface area contributed by atoms with Crippen molar-refractivity contribution >= 4 is 88.2 Å². The predicted octanol–water partition coefficient (Wildman–Crippen LogP) is 18.0. The Labute approximate surface area is 389 Å². The second-order valence-corrected chi connectivity index (χ2v) is 17.3. The Hall–Kier alpha value is -8.92. The van der Waals surface area contributed by atoms with Gasteiger partial charge in [0.2, 0.25) is 0 Å². The zero-order valence-corrected chi connectivity index (χ0v) is 36.7. The average molecular weight is 854 g/mol. The summed E-state index contributed by atoms with van der Waals surface area (Å²) in [6.07, 6.45) is 0. The fraction of sp³-hybridized carbons (Fsp3) is 0. The van der Waals surface area contributed by atoms with Gasteiger partial charge in [0, 0.05) is 50.6 Å². The van der Waals surface area contributed by atoms with Gasteiger partial charge in [-0.05, 0) is 158 Å². The van der Waals surface area contributed by atoms with Crippen LogP contribution in [0.15, 0.2) is 261 Å². The molecule has 3 nitrogen and oxygen atoms in total. The number of benzene rings is 12. The van der Waals surface area contributed by atoms with Gasteiger partial charge in [-0.3, -0.25) is 0 Å². The normalized spacial score (nSPS) is 11.6. The molecule has 3 heteroatoms. The van der Waals surface area contributed by atoms with E-state index in [1.807, 2.05) is 0 Å². The molecule has 0 fully saturated rings. The van der Waals surface area contributed by atoms with Crippen LogP contribution in [0.4, 0.5) is 34.1 Å². The van der Waals surface area contributed by atoms with E-state index >= 15 is 0 Å². The van der Waals surface area contributed by atoms with Crippen LogP contribution in [0.2, 0.25) is 0 Å². The summed E-state index contributed by atoms with van der Waals surface area (Å²) in [5.74, 6) is 0. The summed E-state index contributed by atoms with van der Waals surface area (Å²) in [4.78, 5) is 4.63. The Kier molecular flexibility index (Phi) is 9.17. The smallest absolute Gasteiger partial charge is 0.0553 e. The van der Waals surface area contributed by atoms with Gasteiger partial charge in [-0.1, -0.05) is 158 Å². The average Bonchev–Trinajstić information content (AvgIpc) is 3.73. The molecule has 1 aromatic heterocycles. The topological polar surface area (TPSA) is 11.4 Å². The summed E-state index contributed by atoms with van der Waals surface area (Å²) in [6, 6.07) is 94.7. The molecule has 0 N–H and O–H groups in total. The molecule has 13 aromatic rings. The summed E-state index contributed by atoms with van der Waals surface area (Å²) in [5.41, 5.74) is 15.1. The SMILES string of the molecule is c1ccc(N(c2ccccc2)c2ccc(-c3ccc4c(c3)c3c5ccc6c(-c7ccc(N(c8ccccc8)c8ccccc8)cc7)ccc7ccc(cc3n4-c3ccccc3)c5c76)cc2)cc1. The fourth-order valence-electron chi connectivity index (χ4n) is 10.5. The maximum atomic E-state index is 2.45. The molecule has 0 atom stereocenters. The van der Waals surface area contributed by atoms with Crippen molar-refractivity contribution in [2.24, 2.45) is 0 Å². The third kappa shape index (κ3) is 6.51. The van der Waals surface area contributed by atoms with Gasteiger partial charge in [0.25, 0.3) is 0 Å². The van der Waals surface area contributed by atoms with Gasteiger partial charge in [0.15, 0.2) is 0 Å². The van der Waals surface area contributed by atoms with E-state index in [0.717, 1.165) is 39.8 Å². The van der Waals surface area contributed by atoms with Crippen molar-refractivity contribution in [2.75, 3.05) is 9.80 Å². The van der Waals surface area contributed by atoms with E-state index < -0.39 is 0 Å². The van der Waals surface area contributed by atoms with E-state index in [9.17, 15) is 0 Å². The third-order valence-electron chi connectivity index (χ3n) is 13.5. The quantitative estimate of drug-likeness (QED) is 0.134. The van der Waals surface area contributed by atoms with Crippen LogP contribution in [0, 0.1) is 0 Å². The number of rotatable bonds is 9. The van der Waals surface area contributed by atoms with Crippen LogP contribution < -0.4 is 9.80 Å². The predicted molar refractivity (Wildman–Crippen MR) is 285 cm³/mol. The number of hydrogen-bond acceptors (Lipinski definition) is 2. The minimum Gasteiger partial charge on any atom is -0.311 e. The first kappa shape index (κ1) is 38.5. The van der Waals surface area contributed by atoms with Crippen LogP contribution >= 0.6 is 0 Å². The molecule has 0 amide bonds. The lowest BCUT2D eigenvalue weighted by molar-refractivity contribution is 1.18. The summed E-state index contributed by atoms with van der Waals surface area (Å²) < 4.78 is 2.45. The van der Waals surface area contributed by atoms with Crippen LogP contribution in [0.1, 0.15) is 0 Å². The van der Waals surface area contributed by atoms with Gasteiger partial charge in [0.05, 0.1) is 11.0 Å². The first-order valence-electron chi connectivity index (χ1n) is 23.0. The van der Waals surface area contributed by atoms with Crippen molar-refractivity contribution in [1.29, 1.82) is 0 Å². The monoisotopic (exact) mass is 853 g/mol. The highest BCUT2D eigenvalue weighted by molar-refractivity contribution is 6.34. The number of nitrogens with zero attached hydrogens (tertiary/aromatic N) is 3. The molecular formula is C64H43N3. The number of para-hydroxylation sites is 5. The van der Waals surface area contributed by atoms with Gasteiger partial charge in [-0.25, -0.2) is 0 Å². The Balaban J connectivity index is 0.961. The van der Waals surface area contributed by atoms with Crippen LogP contribution in [0.25, 0.3) is 82.1 Å². The minimum absolute atomic E-state index is 1.11. The van der Waals surface area contributed by atoms with Gasteiger partial charge in [-0.2, -0.15) is 0 Å². The van der Waals surface area contributed by atoms with Crippen LogP contribution in [0.5, 0.6) is 0 Å². The molecule has 0 radical (unpaired) electrons. The standard InChI is InChI=1S/C64H43N3/c1-6-16-49(17-7-1)65(50-18-8-2-9-19-50)54-34-28-44(29-35-54)47-33-41-60-59(42-47)64-58-40-39-57-56(45-30-36-55(37-31-45)66(51-20-10-3-11-21-51)52-22-12-4-13-23-52)38-32-46-26-27-48(63(58)62(46)57)43-61(64)67(60)53-24-14-5-15-25-53/h1-43H. The number of anilines is 6. The Morgan fingerprint density at radius 1 is 0.254 bits per heavy atom. The second kappa shape index (κ2) is 16.0. The zero-order valence-electron chi connectivity index (χ0n) is 36.7. The molecule has 67 heavy (non-hydrogen) atoms. The highest BCUT2D eigenvalue weighted by Crippen LogP contribution is 2.46. The highest BCUT2D eigenvalue weighted by atomic mass is 15.1. The molecule has 0 aliphatic heterocycles. The summed E-state index contributed by atoms with van der Waals surface area (Å²) in [5, 5.41) is 10.2. The summed E-state index contributed by atoms with van der Waals surface area (Å²) in [7, 11) is 0. The summed E-state index contributed by atoms with van der Waals surface area (Å²) in [6.45, 7) is 0. The molecule has 0 spiro atoms. The molecule has 12 aromatic carbocycles. The molecule has 0 saturated carbocycles. The summed E-state index contributed by atoms with van der Waals surface area (Å²) >= 11 is 0. The van der Waals surface area contributed by atoms with Crippen molar-refractivity contribution < 1.29 is 0 Å². The van der Waals surface area contributed by atoms with E-state index in [1.165, 1.54) is 76.4 Å². The van der Waals surface area contributed by atoms with E-state index in [2.05, 4.69) is 275 Å². The largest absolute Gasteiger partial charge is 0.311 e. The van der Waals surface area contributed by atoms with Crippen molar-refractivity contribution in [3.05, 3.63) is 261 Å². The molecule has 0 bridgehead atoms. The van der Waals surface area contributed by atoms with E-state index in [0.29, 0.717) is 0 Å². The lowest BCUT2D eigenvalue weighted by atomic mass is 9.88. The van der Waals surface area contributed by atoms with Gasteiger partial charge >= 0.3 is 0 Å². The highest BCUT2D eigenvalue weighted by Gasteiger charge is 2.21. The van der Waals surface area contributed by atoms with Crippen molar-refractivity contribution in [2.45, 2.75) is 0 Å². The van der Waals surface area contributed by atoms with Crippen LogP contribution in [0.3, 0.4) is 0 Å². The lowest BCUT2D eigenvalue weighted by Gasteiger charge is -2.25. The maximum absolute atomic E-state index is 2.45. The first-order chi connectivity index (χ1) is 33.2. The number of fused-ring (bicyclic) bond motifs is 4. The fourth-order valence-corrected chi connectivity index (χ4v) is 10.5. The second-order valence-electron chi connectivity index (χ2n) is 17.3. The number of hydrogen-bond donors (Lipinski definition) is 0.